The Morgan fingerprint density at radius 3 is 1.24 bits per heavy atom. The van der Waals surface area contributed by atoms with Crippen LogP contribution in [0.25, 0.3) is 0 Å². The smallest absolute Gasteiger partial charge is 0.217 e. The van der Waals surface area contributed by atoms with E-state index in [1.54, 1.807) is 0 Å². The molecule has 6 rings (SSSR count). The van der Waals surface area contributed by atoms with E-state index in [9.17, 15) is 101 Å². The van der Waals surface area contributed by atoms with Gasteiger partial charge in [0.25, 0.3) is 0 Å². The van der Waals surface area contributed by atoms with Gasteiger partial charge in [0.2, 0.25) is 17.7 Å². The van der Waals surface area contributed by atoms with Crippen LogP contribution in [0.4, 0.5) is 0 Å². The lowest BCUT2D eigenvalue weighted by molar-refractivity contribution is -0.384. The standard InChI is InChI=1S/C42H71N3O31/c1-10(50)43-19-27(58)34(15(6-48)68-37(19)65)74-39-21(45-12(3)52)28(59)35(16(7-49)71-39)75-42-33(64)36(76-41-32(63)29(60)23(54)14(5-47)70-41)25(56)18(73-42)9-67-40-31(62)30(61)24(55)17(72-40)8-66-38-20(44-11(2)51)26(57)22(53)13(4-46)69-38/h13-42,46-49,53-65H,4-9H2,1-3H3,(H,43,50)(H,44,51)(H,45,52)/t13-,14-,15-,16-,17-,18-,19-,20-,21-,22-,23-,24-,25-,26-,27-,28-,29+,30+,31+,32+,33+,34-,35-,36+,37?,38-,39+,40+,41-,42+/m1/s1. The number of hydrogen-bond donors (Lipinski definition) is 20. The average molecular weight is 1110 g/mol. The average Bonchev–Trinajstić information content (AvgIpc) is 3.38. The van der Waals surface area contributed by atoms with E-state index in [0.29, 0.717) is 0 Å². The summed E-state index contributed by atoms with van der Waals surface area (Å²) >= 11 is 0. The van der Waals surface area contributed by atoms with Gasteiger partial charge in [0.05, 0.1) is 39.6 Å². The molecule has 6 aliphatic heterocycles. The molecule has 6 fully saturated rings. The van der Waals surface area contributed by atoms with Crippen molar-refractivity contribution in [1.82, 2.24) is 16.0 Å². The van der Waals surface area contributed by atoms with Crippen molar-refractivity contribution in [1.29, 1.82) is 0 Å². The van der Waals surface area contributed by atoms with E-state index < -0.39 is 241 Å². The van der Waals surface area contributed by atoms with E-state index in [1.807, 2.05) is 0 Å². The van der Waals surface area contributed by atoms with Gasteiger partial charge in [0.15, 0.2) is 37.7 Å². The first kappa shape index (κ1) is 62.5. The summed E-state index contributed by atoms with van der Waals surface area (Å²) in [5.74, 6) is -2.24. The lowest BCUT2D eigenvalue weighted by Crippen LogP contribution is -2.70. The lowest BCUT2D eigenvalue weighted by atomic mass is 9.94. The zero-order valence-corrected chi connectivity index (χ0v) is 40.9. The van der Waals surface area contributed by atoms with Gasteiger partial charge in [0.1, 0.15) is 146 Å². The van der Waals surface area contributed by atoms with Crippen molar-refractivity contribution in [3.8, 4) is 0 Å². The minimum absolute atomic E-state index is 0.693. The molecule has 76 heavy (non-hydrogen) atoms. The predicted molar refractivity (Wildman–Crippen MR) is 234 cm³/mol. The third kappa shape index (κ3) is 13.9. The second-order valence-corrected chi connectivity index (χ2v) is 19.0. The Morgan fingerprint density at radius 2 is 0.697 bits per heavy atom. The van der Waals surface area contributed by atoms with Crippen molar-refractivity contribution < 1.29 is 153 Å². The van der Waals surface area contributed by atoms with Gasteiger partial charge in [-0.15, -0.1) is 0 Å². The lowest BCUT2D eigenvalue weighted by Gasteiger charge is -2.50. The van der Waals surface area contributed by atoms with E-state index in [2.05, 4.69) is 16.0 Å². The fourth-order valence-electron chi connectivity index (χ4n) is 9.52. The van der Waals surface area contributed by atoms with Crippen LogP contribution in [-0.4, -0.2) is 328 Å². The minimum Gasteiger partial charge on any atom is -0.394 e. The summed E-state index contributed by atoms with van der Waals surface area (Å²) in [6.07, 6.45) is -50.9. The van der Waals surface area contributed by atoms with E-state index in [0.717, 1.165) is 20.8 Å². The molecular weight excluding hydrogens is 1040 g/mol. The second-order valence-electron chi connectivity index (χ2n) is 19.0. The van der Waals surface area contributed by atoms with Crippen molar-refractivity contribution in [2.75, 3.05) is 39.6 Å². The van der Waals surface area contributed by atoms with Crippen LogP contribution in [0, 0.1) is 0 Å². The van der Waals surface area contributed by atoms with Gasteiger partial charge in [-0.3, -0.25) is 14.4 Å². The highest BCUT2D eigenvalue weighted by atomic mass is 16.8. The fourth-order valence-corrected chi connectivity index (χ4v) is 9.52. The molecule has 20 N–H and O–H groups in total. The number of amides is 3. The summed E-state index contributed by atoms with van der Waals surface area (Å²) < 4.78 is 62.9. The topological polar surface area (TPSA) is 533 Å². The molecule has 440 valence electrons. The highest BCUT2D eigenvalue weighted by Gasteiger charge is 2.57. The molecule has 0 radical (unpaired) electrons. The van der Waals surface area contributed by atoms with Gasteiger partial charge < -0.3 is 155 Å². The van der Waals surface area contributed by atoms with Crippen LogP contribution in [0.1, 0.15) is 20.8 Å². The monoisotopic (exact) mass is 1110 g/mol. The molecule has 34 nitrogen and oxygen atoms in total. The minimum atomic E-state index is -2.27. The Kier molecular flexibility index (Phi) is 22.3. The van der Waals surface area contributed by atoms with Crippen molar-refractivity contribution in [3.63, 3.8) is 0 Å². The van der Waals surface area contributed by atoms with Crippen LogP contribution in [0.5, 0.6) is 0 Å². The van der Waals surface area contributed by atoms with Gasteiger partial charge in [-0.1, -0.05) is 0 Å². The van der Waals surface area contributed by atoms with Gasteiger partial charge in [0, 0.05) is 20.8 Å². The molecule has 0 aromatic carbocycles. The number of rotatable bonds is 19. The SMILES string of the molecule is CC(=O)N[C@H]1[C@H](O[C@H]2[C@H](O)[C@@H](NC(C)=O)C(O)O[C@@H]2CO)O[C@H](CO)[C@@H](O[C@@H]2O[C@H](CO[C@H]3O[C@H](CO[C@@H]4O[C@H](CO)[C@@H](O)[C@H](O)[C@H]4NC(C)=O)[C@@H](O)[C@H](O)[C@@H]3O)[C@@H](O)[C@H](O[C@H]3O[C@H](CO)[C@@H](O)[C@H](O)[C@@H]3O)[C@@H]2O)[C@@H]1O. The third-order valence-corrected chi connectivity index (χ3v) is 13.6. The first-order valence-electron chi connectivity index (χ1n) is 24.1. The molecule has 0 bridgehead atoms. The number of ether oxygens (including phenoxy) is 11. The summed E-state index contributed by atoms with van der Waals surface area (Å²) in [7, 11) is 0. The summed E-state index contributed by atoms with van der Waals surface area (Å²) in [5, 5.41) is 190. The molecule has 1 unspecified atom stereocenters. The van der Waals surface area contributed by atoms with Gasteiger partial charge in [-0.2, -0.15) is 0 Å². The van der Waals surface area contributed by atoms with Crippen molar-refractivity contribution in [2.45, 2.75) is 205 Å². The van der Waals surface area contributed by atoms with Crippen molar-refractivity contribution in [3.05, 3.63) is 0 Å². The molecule has 3 amide bonds. The van der Waals surface area contributed by atoms with Crippen LogP contribution in [0.3, 0.4) is 0 Å². The Bertz CT molecular complexity index is 1870. The Morgan fingerprint density at radius 1 is 0.342 bits per heavy atom. The number of nitrogens with one attached hydrogen (secondary N) is 3. The summed E-state index contributed by atoms with van der Waals surface area (Å²) in [6, 6.07) is -4.73. The molecule has 30 atom stereocenters. The molecule has 34 heteroatoms. The quantitative estimate of drug-likeness (QED) is 0.0571. The predicted octanol–water partition coefficient (Wildman–Crippen LogP) is -13.7. The largest absolute Gasteiger partial charge is 0.394 e. The van der Waals surface area contributed by atoms with Crippen LogP contribution < -0.4 is 16.0 Å². The highest BCUT2D eigenvalue weighted by molar-refractivity contribution is 5.74. The number of carbonyl (C=O) groups is 3. The van der Waals surface area contributed by atoms with Crippen LogP contribution in [-0.2, 0) is 66.5 Å². The normalized spacial score (nSPS) is 48.2. The third-order valence-electron chi connectivity index (χ3n) is 13.6. The van der Waals surface area contributed by atoms with Crippen LogP contribution in [0.2, 0.25) is 0 Å². The molecular formula is C42H71N3O31. The van der Waals surface area contributed by atoms with Crippen molar-refractivity contribution in [2.24, 2.45) is 0 Å². The maximum atomic E-state index is 12.6. The Labute approximate surface area is 431 Å². The molecule has 6 saturated heterocycles. The molecule has 0 saturated carbocycles. The molecule has 0 spiro atoms. The zero-order chi connectivity index (χ0) is 56.2. The number of carbonyl (C=O) groups excluding carboxylic acids is 3. The van der Waals surface area contributed by atoms with Crippen molar-refractivity contribution >= 4 is 17.7 Å². The molecule has 6 aliphatic rings. The maximum Gasteiger partial charge on any atom is 0.217 e. The van der Waals surface area contributed by atoms with Crippen LogP contribution >= 0.6 is 0 Å². The van der Waals surface area contributed by atoms with E-state index in [-0.39, 0.29) is 0 Å². The maximum absolute atomic E-state index is 12.6. The summed E-state index contributed by atoms with van der Waals surface area (Å²) in [6.45, 7) is -2.25. The van der Waals surface area contributed by atoms with E-state index >= 15 is 0 Å². The van der Waals surface area contributed by atoms with Gasteiger partial charge in [-0.25, -0.2) is 0 Å². The Balaban J connectivity index is 1.24. The molecule has 0 aromatic rings. The summed E-state index contributed by atoms with van der Waals surface area (Å²) in [5.41, 5.74) is 0. The highest BCUT2D eigenvalue weighted by Crippen LogP contribution is 2.36. The van der Waals surface area contributed by atoms with Gasteiger partial charge in [-0.05, 0) is 0 Å². The van der Waals surface area contributed by atoms with Crippen LogP contribution in [0.15, 0.2) is 0 Å². The number of hydrogen-bond acceptors (Lipinski definition) is 31. The van der Waals surface area contributed by atoms with E-state index in [1.165, 1.54) is 0 Å². The second kappa shape index (κ2) is 27.2. The Hall–Kier alpha value is -2.71. The number of aliphatic hydroxyl groups excluding tert-OH is 17. The van der Waals surface area contributed by atoms with E-state index in [4.69, 9.17) is 52.1 Å². The zero-order valence-electron chi connectivity index (χ0n) is 40.9. The molecule has 6 heterocycles. The summed E-state index contributed by atoms with van der Waals surface area (Å²) in [4.78, 5) is 36.4. The van der Waals surface area contributed by atoms with Gasteiger partial charge >= 0.3 is 0 Å². The first-order valence-corrected chi connectivity index (χ1v) is 24.1. The molecule has 0 aliphatic carbocycles. The first-order chi connectivity index (χ1) is 35.9. The molecule has 0 aromatic heterocycles. The fraction of sp³-hybridized carbons (Fsp3) is 0.929. The number of aliphatic hydroxyl groups is 17.